The summed E-state index contributed by atoms with van der Waals surface area (Å²) >= 11 is 0. The van der Waals surface area contributed by atoms with Crippen molar-refractivity contribution in [3.05, 3.63) is 130 Å². The van der Waals surface area contributed by atoms with Crippen LogP contribution < -0.4 is 10.3 Å². The molecule has 0 atom stereocenters. The normalized spacial score (nSPS) is 11.8. The summed E-state index contributed by atoms with van der Waals surface area (Å²) in [6, 6.07) is 26.0. The number of rotatable bonds is 7. The fourth-order valence-corrected chi connectivity index (χ4v) is 5.41. The molecule has 0 bridgehead atoms. The maximum atomic E-state index is 14.5. The van der Waals surface area contributed by atoms with E-state index >= 15 is 0 Å². The predicted octanol–water partition coefficient (Wildman–Crippen LogP) is 7.53. The zero-order valence-electron chi connectivity index (χ0n) is 24.0. The topological polar surface area (TPSA) is 61.4 Å². The van der Waals surface area contributed by atoms with Gasteiger partial charge < -0.3 is 9.30 Å². The van der Waals surface area contributed by atoms with Gasteiger partial charge in [0.15, 0.2) is 5.82 Å². The van der Waals surface area contributed by atoms with Crippen molar-refractivity contribution in [2.75, 3.05) is 7.11 Å². The highest BCUT2D eigenvalue weighted by molar-refractivity contribution is 5.99. The zero-order valence-corrected chi connectivity index (χ0v) is 24.0. The molecule has 0 aliphatic rings. The van der Waals surface area contributed by atoms with E-state index in [0.29, 0.717) is 28.8 Å². The maximum absolute atomic E-state index is 14.5. The van der Waals surface area contributed by atoms with Gasteiger partial charge in [-0.2, -0.15) is 9.78 Å². The molecule has 42 heavy (non-hydrogen) atoms. The van der Waals surface area contributed by atoms with Crippen LogP contribution in [-0.4, -0.2) is 27.6 Å². The van der Waals surface area contributed by atoms with Gasteiger partial charge in [-0.05, 0) is 60.4 Å². The van der Waals surface area contributed by atoms with E-state index in [2.05, 4.69) is 13.8 Å². The largest absolute Gasteiger partial charge is 0.496 e. The molecule has 2 heterocycles. The Balaban J connectivity index is 1.53. The van der Waals surface area contributed by atoms with E-state index in [1.165, 1.54) is 10.7 Å². The third-order valence-corrected chi connectivity index (χ3v) is 7.62. The second-order valence-electron chi connectivity index (χ2n) is 10.7. The van der Waals surface area contributed by atoms with Gasteiger partial charge in [0.2, 0.25) is 0 Å². The molecule has 4 aromatic carbocycles. The van der Waals surface area contributed by atoms with Gasteiger partial charge in [0.1, 0.15) is 11.6 Å². The first-order valence-electron chi connectivity index (χ1n) is 13.9. The number of aromatic nitrogens is 3. The lowest BCUT2D eigenvalue weighted by molar-refractivity contribution is 0.407. The SMILES string of the molecule is COc1cc(C)c(-c2nc3ccccc3c(=O)n2N=Cc2cn(Cc3ccccc3F)c3ccccc23)cc1C(C)C. The standard InChI is InChI=1S/C35H31FN4O2/c1-22(2)28-18-29(23(3)17-33(28)42-4)34-38-31-15-9-6-13-27(31)35(41)40(34)37-19-25-21-39(32-16-10-7-12-26(25)32)20-24-11-5-8-14-30(24)36/h5-19,21-22H,20H2,1-4H3. The van der Waals surface area contributed by atoms with Crippen molar-refractivity contribution < 1.29 is 9.13 Å². The van der Waals surface area contributed by atoms with Gasteiger partial charge in [0, 0.05) is 33.8 Å². The number of hydrogen-bond donors (Lipinski definition) is 0. The lowest BCUT2D eigenvalue weighted by Gasteiger charge is -2.17. The van der Waals surface area contributed by atoms with E-state index < -0.39 is 0 Å². The fraction of sp³-hybridized carbons (Fsp3) is 0.171. The number of benzene rings is 4. The molecule has 2 aromatic heterocycles. The summed E-state index contributed by atoms with van der Waals surface area (Å²) in [6.45, 7) is 6.56. The number of nitrogens with zero attached hydrogens (tertiary/aromatic N) is 4. The van der Waals surface area contributed by atoms with Crippen molar-refractivity contribution in [2.24, 2.45) is 5.10 Å². The molecule has 0 amide bonds. The maximum Gasteiger partial charge on any atom is 0.282 e. The molecule has 0 saturated carbocycles. The fourth-order valence-electron chi connectivity index (χ4n) is 5.41. The minimum atomic E-state index is -0.261. The number of para-hydroxylation sites is 2. The molecule has 0 fully saturated rings. The Bertz CT molecular complexity index is 2040. The zero-order chi connectivity index (χ0) is 29.4. The third-order valence-electron chi connectivity index (χ3n) is 7.62. The lowest BCUT2D eigenvalue weighted by atomic mass is 9.96. The highest BCUT2D eigenvalue weighted by Crippen LogP contribution is 2.34. The molecular formula is C35H31FN4O2. The first-order valence-corrected chi connectivity index (χ1v) is 13.9. The van der Waals surface area contributed by atoms with Crippen molar-refractivity contribution in [3.63, 3.8) is 0 Å². The molecule has 0 saturated heterocycles. The molecule has 6 aromatic rings. The second kappa shape index (κ2) is 11.1. The monoisotopic (exact) mass is 558 g/mol. The molecule has 0 aliphatic heterocycles. The minimum absolute atomic E-state index is 0.198. The van der Waals surface area contributed by atoms with Gasteiger partial charge in [-0.3, -0.25) is 4.79 Å². The van der Waals surface area contributed by atoms with Crippen LogP contribution in [0.1, 0.15) is 42.0 Å². The van der Waals surface area contributed by atoms with E-state index in [-0.39, 0.29) is 17.3 Å². The summed E-state index contributed by atoms with van der Waals surface area (Å²) in [7, 11) is 1.66. The number of ether oxygens (including phenoxy) is 1. The molecule has 0 spiro atoms. The van der Waals surface area contributed by atoms with Gasteiger partial charge in [0.25, 0.3) is 5.56 Å². The van der Waals surface area contributed by atoms with Crippen molar-refractivity contribution in [1.82, 2.24) is 14.2 Å². The molecular weight excluding hydrogens is 527 g/mol. The van der Waals surface area contributed by atoms with Gasteiger partial charge >= 0.3 is 0 Å². The smallest absolute Gasteiger partial charge is 0.282 e. The van der Waals surface area contributed by atoms with Crippen LogP contribution in [0.2, 0.25) is 0 Å². The highest BCUT2D eigenvalue weighted by atomic mass is 19.1. The number of methoxy groups -OCH3 is 1. The summed E-state index contributed by atoms with van der Waals surface area (Å²) in [5, 5.41) is 6.18. The highest BCUT2D eigenvalue weighted by Gasteiger charge is 2.18. The summed E-state index contributed by atoms with van der Waals surface area (Å²) in [4.78, 5) is 18.8. The summed E-state index contributed by atoms with van der Waals surface area (Å²) in [5.74, 6) is 1.20. The van der Waals surface area contributed by atoms with E-state index in [9.17, 15) is 9.18 Å². The van der Waals surface area contributed by atoms with Gasteiger partial charge in [-0.25, -0.2) is 9.37 Å². The molecule has 0 radical (unpaired) electrons. The average Bonchev–Trinajstić information content (AvgIpc) is 3.34. The minimum Gasteiger partial charge on any atom is -0.496 e. The Kier molecular flexibility index (Phi) is 7.17. The van der Waals surface area contributed by atoms with E-state index in [1.807, 2.05) is 78.4 Å². The molecule has 6 rings (SSSR count). The van der Waals surface area contributed by atoms with Crippen LogP contribution >= 0.6 is 0 Å². The Morgan fingerprint density at radius 1 is 0.976 bits per heavy atom. The summed E-state index contributed by atoms with van der Waals surface area (Å²) in [6.07, 6.45) is 3.62. The van der Waals surface area contributed by atoms with Crippen LogP contribution in [0.4, 0.5) is 4.39 Å². The van der Waals surface area contributed by atoms with E-state index in [0.717, 1.165) is 38.9 Å². The Morgan fingerprint density at radius 2 is 1.69 bits per heavy atom. The van der Waals surface area contributed by atoms with Crippen LogP contribution in [-0.2, 0) is 6.54 Å². The molecule has 0 aliphatic carbocycles. The van der Waals surface area contributed by atoms with Crippen molar-refractivity contribution in [2.45, 2.75) is 33.2 Å². The summed E-state index contributed by atoms with van der Waals surface area (Å²) < 4.78 is 23.5. The van der Waals surface area contributed by atoms with Gasteiger partial charge in [-0.15, -0.1) is 0 Å². The van der Waals surface area contributed by atoms with Crippen LogP contribution in [0.3, 0.4) is 0 Å². The van der Waals surface area contributed by atoms with E-state index in [1.54, 1.807) is 31.5 Å². The summed E-state index contributed by atoms with van der Waals surface area (Å²) in [5.41, 5.74) is 5.43. The van der Waals surface area contributed by atoms with Gasteiger partial charge in [0.05, 0.1) is 30.8 Å². The lowest BCUT2D eigenvalue weighted by Crippen LogP contribution is -2.20. The number of fused-ring (bicyclic) bond motifs is 2. The van der Waals surface area contributed by atoms with Crippen molar-refractivity contribution >= 4 is 28.0 Å². The Hall–Kier alpha value is -5.04. The second-order valence-corrected chi connectivity index (χ2v) is 10.7. The number of aryl methyl sites for hydroxylation is 1. The predicted molar refractivity (Wildman–Crippen MR) is 167 cm³/mol. The van der Waals surface area contributed by atoms with Crippen LogP contribution in [0, 0.1) is 12.7 Å². The molecule has 6 nitrogen and oxygen atoms in total. The number of hydrogen-bond acceptors (Lipinski definition) is 4. The van der Waals surface area contributed by atoms with Crippen LogP contribution in [0.5, 0.6) is 5.75 Å². The molecule has 0 N–H and O–H groups in total. The first-order chi connectivity index (χ1) is 20.4. The molecule has 0 unspecified atom stereocenters. The van der Waals surface area contributed by atoms with Crippen molar-refractivity contribution in [3.8, 4) is 17.1 Å². The van der Waals surface area contributed by atoms with Crippen LogP contribution in [0.25, 0.3) is 33.2 Å². The Morgan fingerprint density at radius 3 is 2.45 bits per heavy atom. The van der Waals surface area contributed by atoms with E-state index in [4.69, 9.17) is 14.8 Å². The van der Waals surface area contributed by atoms with Gasteiger partial charge in [-0.1, -0.05) is 62.4 Å². The molecule has 210 valence electrons. The first kappa shape index (κ1) is 27.1. The third kappa shape index (κ3) is 4.87. The molecule has 7 heteroatoms. The average molecular weight is 559 g/mol. The van der Waals surface area contributed by atoms with Crippen molar-refractivity contribution in [1.29, 1.82) is 0 Å². The number of halogens is 1. The van der Waals surface area contributed by atoms with Crippen LogP contribution in [0.15, 0.2) is 101 Å². The Labute approximate surface area is 243 Å². The quantitative estimate of drug-likeness (QED) is 0.190.